The normalized spacial score (nSPS) is 13.4. The van der Waals surface area contributed by atoms with Crippen molar-refractivity contribution in [1.29, 1.82) is 0 Å². The first-order valence-electron chi connectivity index (χ1n) is 10.6. The summed E-state index contributed by atoms with van der Waals surface area (Å²) in [7, 11) is 6.19. The Hall–Kier alpha value is -3.73. The molecule has 1 amide bonds. The molecule has 1 aliphatic rings. The average Bonchev–Trinajstić information content (AvgIpc) is 3.36. The number of piperazine rings is 1. The maximum Gasteiger partial charge on any atom is 0.257 e. The molecular formula is C23H27N5O5S. The number of hydrogen-bond acceptors (Lipinski definition) is 10. The van der Waals surface area contributed by atoms with E-state index in [-0.39, 0.29) is 5.91 Å². The van der Waals surface area contributed by atoms with Crippen LogP contribution in [0.15, 0.2) is 36.4 Å². The first-order valence-corrected chi connectivity index (χ1v) is 11.5. The number of benzene rings is 2. The highest BCUT2D eigenvalue weighted by Crippen LogP contribution is 2.38. The molecule has 0 spiro atoms. The van der Waals surface area contributed by atoms with Crippen LogP contribution >= 0.6 is 11.3 Å². The van der Waals surface area contributed by atoms with Gasteiger partial charge in [0.2, 0.25) is 16.0 Å². The van der Waals surface area contributed by atoms with E-state index in [1.165, 1.54) is 32.7 Å². The lowest BCUT2D eigenvalue weighted by molar-refractivity contribution is 0.102. The number of amides is 1. The fraction of sp³-hybridized carbons (Fsp3) is 0.348. The van der Waals surface area contributed by atoms with E-state index in [9.17, 15) is 4.79 Å². The van der Waals surface area contributed by atoms with E-state index in [1.807, 2.05) is 12.1 Å². The van der Waals surface area contributed by atoms with Crippen molar-refractivity contribution in [3.63, 3.8) is 0 Å². The zero-order valence-electron chi connectivity index (χ0n) is 19.5. The van der Waals surface area contributed by atoms with Gasteiger partial charge in [0.25, 0.3) is 5.91 Å². The summed E-state index contributed by atoms with van der Waals surface area (Å²) >= 11 is 1.34. The van der Waals surface area contributed by atoms with E-state index in [0.717, 1.165) is 42.7 Å². The topological polar surface area (TPSA) is 98.3 Å². The molecule has 11 heteroatoms. The number of ether oxygens (including phenoxy) is 4. The summed E-state index contributed by atoms with van der Waals surface area (Å²) in [6.45, 7) is 3.33. The predicted octanol–water partition coefficient (Wildman–Crippen LogP) is 3.15. The van der Waals surface area contributed by atoms with Gasteiger partial charge in [-0.05, 0) is 36.4 Å². The molecule has 1 saturated heterocycles. The first-order chi connectivity index (χ1) is 16.6. The monoisotopic (exact) mass is 485 g/mol. The van der Waals surface area contributed by atoms with Crippen LogP contribution in [0.2, 0.25) is 0 Å². The Bertz CT molecular complexity index is 1100. The lowest BCUT2D eigenvalue weighted by Gasteiger charge is -2.35. The fourth-order valence-corrected chi connectivity index (χ4v) is 4.52. The van der Waals surface area contributed by atoms with E-state index in [4.69, 9.17) is 18.9 Å². The summed E-state index contributed by atoms with van der Waals surface area (Å²) in [5.74, 6) is 1.73. The van der Waals surface area contributed by atoms with E-state index >= 15 is 0 Å². The summed E-state index contributed by atoms with van der Waals surface area (Å²) in [5, 5.41) is 12.4. The largest absolute Gasteiger partial charge is 0.497 e. The second-order valence-electron chi connectivity index (χ2n) is 7.43. The number of anilines is 3. The maximum absolute atomic E-state index is 12.8. The third-order valence-corrected chi connectivity index (χ3v) is 6.45. The average molecular weight is 486 g/mol. The molecule has 0 atom stereocenters. The summed E-state index contributed by atoms with van der Waals surface area (Å²) in [4.78, 5) is 17.3. The molecule has 0 radical (unpaired) electrons. The van der Waals surface area contributed by atoms with Crippen molar-refractivity contribution in [3.05, 3.63) is 42.0 Å². The number of hydrogen-bond donors (Lipinski definition) is 1. The Morgan fingerprint density at radius 1 is 0.853 bits per heavy atom. The molecule has 4 rings (SSSR count). The van der Waals surface area contributed by atoms with Crippen molar-refractivity contribution in [1.82, 2.24) is 10.2 Å². The molecule has 0 bridgehead atoms. The van der Waals surface area contributed by atoms with E-state index in [1.54, 1.807) is 19.2 Å². The molecule has 0 aliphatic carbocycles. The molecule has 1 N–H and O–H groups in total. The summed E-state index contributed by atoms with van der Waals surface area (Å²) in [5.41, 5.74) is 1.52. The number of nitrogens with one attached hydrogen (secondary N) is 1. The molecule has 10 nitrogen and oxygen atoms in total. The molecule has 34 heavy (non-hydrogen) atoms. The summed E-state index contributed by atoms with van der Waals surface area (Å²) in [6, 6.07) is 11.3. The lowest BCUT2D eigenvalue weighted by atomic mass is 10.1. The van der Waals surface area contributed by atoms with Crippen LogP contribution in [-0.2, 0) is 0 Å². The van der Waals surface area contributed by atoms with E-state index in [2.05, 4.69) is 37.4 Å². The number of rotatable bonds is 8. The third-order valence-electron chi connectivity index (χ3n) is 5.55. The lowest BCUT2D eigenvalue weighted by Crippen LogP contribution is -2.46. The Morgan fingerprint density at radius 2 is 1.47 bits per heavy atom. The SMILES string of the molecule is COc1ccc(N2CCN(c3nnc(NC(=O)c4cc(OC)c(OC)c(OC)c4)s3)CC2)cc1. The van der Waals surface area contributed by atoms with Crippen LogP contribution in [0.25, 0.3) is 0 Å². The highest BCUT2D eigenvalue weighted by atomic mass is 32.1. The van der Waals surface area contributed by atoms with Gasteiger partial charge in [0.15, 0.2) is 11.5 Å². The van der Waals surface area contributed by atoms with Crippen LogP contribution in [-0.4, -0.2) is 70.7 Å². The molecule has 1 aromatic heterocycles. The second kappa shape index (κ2) is 10.5. The molecule has 180 valence electrons. The number of nitrogens with zero attached hydrogens (tertiary/aromatic N) is 4. The van der Waals surface area contributed by atoms with Crippen molar-refractivity contribution >= 4 is 33.2 Å². The highest BCUT2D eigenvalue weighted by Gasteiger charge is 2.22. The first kappa shape index (κ1) is 23.4. The Kier molecular flexibility index (Phi) is 7.21. The van der Waals surface area contributed by atoms with Gasteiger partial charge in [0.1, 0.15) is 5.75 Å². The Morgan fingerprint density at radius 3 is 2.03 bits per heavy atom. The molecule has 0 saturated carbocycles. The minimum absolute atomic E-state index is 0.341. The van der Waals surface area contributed by atoms with Crippen molar-refractivity contribution in [2.24, 2.45) is 0 Å². The van der Waals surface area contributed by atoms with Gasteiger partial charge in [-0.25, -0.2) is 0 Å². The zero-order chi connectivity index (χ0) is 24.1. The van der Waals surface area contributed by atoms with Gasteiger partial charge in [0.05, 0.1) is 28.4 Å². The standard InChI is InChI=1S/C23H27N5O5S/c1-30-17-7-5-16(6-8-17)27-9-11-28(12-10-27)23-26-25-22(34-23)24-21(29)15-13-18(31-2)20(33-4)19(14-15)32-3/h5-8,13-14H,9-12H2,1-4H3,(H,24,25,29). The molecule has 0 unspecified atom stereocenters. The van der Waals surface area contributed by atoms with Gasteiger partial charge in [-0.2, -0.15) is 0 Å². The number of carbonyl (C=O) groups is 1. The minimum Gasteiger partial charge on any atom is -0.497 e. The third kappa shape index (κ3) is 4.93. The molecule has 3 aromatic rings. The van der Waals surface area contributed by atoms with Gasteiger partial charge in [-0.1, -0.05) is 11.3 Å². The van der Waals surface area contributed by atoms with Gasteiger partial charge in [0, 0.05) is 37.4 Å². The maximum atomic E-state index is 12.8. The summed E-state index contributed by atoms with van der Waals surface area (Å²) in [6.07, 6.45) is 0. The van der Waals surface area contributed by atoms with Gasteiger partial charge in [-0.15, -0.1) is 10.2 Å². The van der Waals surface area contributed by atoms with Crippen molar-refractivity contribution in [2.45, 2.75) is 0 Å². The second-order valence-corrected chi connectivity index (χ2v) is 8.39. The summed E-state index contributed by atoms with van der Waals surface area (Å²) < 4.78 is 21.2. The van der Waals surface area contributed by atoms with Crippen LogP contribution in [0, 0.1) is 0 Å². The number of carbonyl (C=O) groups excluding carboxylic acids is 1. The molecule has 1 fully saturated rings. The number of methoxy groups -OCH3 is 4. The van der Waals surface area contributed by atoms with E-state index < -0.39 is 0 Å². The van der Waals surface area contributed by atoms with Gasteiger partial charge in [-0.3, -0.25) is 10.1 Å². The van der Waals surface area contributed by atoms with Crippen LogP contribution in [0.5, 0.6) is 23.0 Å². The van der Waals surface area contributed by atoms with Crippen LogP contribution in [0.4, 0.5) is 16.0 Å². The Balaban J connectivity index is 1.39. The highest BCUT2D eigenvalue weighted by molar-refractivity contribution is 7.19. The molecule has 1 aliphatic heterocycles. The number of aromatic nitrogens is 2. The van der Waals surface area contributed by atoms with Crippen molar-refractivity contribution in [3.8, 4) is 23.0 Å². The van der Waals surface area contributed by atoms with Gasteiger partial charge < -0.3 is 28.7 Å². The van der Waals surface area contributed by atoms with Crippen LogP contribution in [0.3, 0.4) is 0 Å². The predicted molar refractivity (Wildman–Crippen MR) is 131 cm³/mol. The van der Waals surface area contributed by atoms with E-state index in [0.29, 0.717) is 27.9 Å². The molecule has 2 aromatic carbocycles. The molecule has 2 heterocycles. The van der Waals surface area contributed by atoms with Crippen LogP contribution < -0.4 is 34.1 Å². The quantitative estimate of drug-likeness (QED) is 0.516. The van der Waals surface area contributed by atoms with Gasteiger partial charge >= 0.3 is 0 Å². The van der Waals surface area contributed by atoms with Crippen molar-refractivity contribution in [2.75, 3.05) is 69.7 Å². The Labute approximate surface area is 202 Å². The zero-order valence-corrected chi connectivity index (χ0v) is 20.3. The smallest absolute Gasteiger partial charge is 0.257 e. The molecular weight excluding hydrogens is 458 g/mol. The van der Waals surface area contributed by atoms with Crippen molar-refractivity contribution < 1.29 is 23.7 Å². The minimum atomic E-state index is -0.341. The fourth-order valence-electron chi connectivity index (χ4n) is 3.72. The van der Waals surface area contributed by atoms with Crippen LogP contribution in [0.1, 0.15) is 10.4 Å².